The molecule has 15 heavy (non-hydrogen) atoms. The van der Waals surface area contributed by atoms with Crippen molar-refractivity contribution in [3.8, 4) is 0 Å². The highest BCUT2D eigenvalue weighted by atomic mass is 32.2. The molecule has 0 unspecified atom stereocenters. The van der Waals surface area contributed by atoms with Gasteiger partial charge >= 0.3 is 0 Å². The molecule has 2 nitrogen and oxygen atoms in total. The Morgan fingerprint density at radius 1 is 1.33 bits per heavy atom. The smallest absolute Gasteiger partial charge is 0.0624 e. The number of hydrogen-bond donors (Lipinski definition) is 2. The molecule has 0 amide bonds. The summed E-state index contributed by atoms with van der Waals surface area (Å²) in [6, 6.07) is 7.71. The Labute approximate surface area is 95.9 Å². The van der Waals surface area contributed by atoms with Gasteiger partial charge in [0.05, 0.1) is 12.6 Å². The Morgan fingerprint density at radius 2 is 1.93 bits per heavy atom. The first kappa shape index (κ1) is 12.6. The molecule has 0 aliphatic heterocycles. The van der Waals surface area contributed by atoms with Gasteiger partial charge in [0.15, 0.2) is 0 Å². The molecule has 1 aromatic carbocycles. The lowest BCUT2D eigenvalue weighted by atomic mass is 10.1. The molecular weight excluding hydrogens is 206 g/mol. The third-order valence-electron chi connectivity index (χ3n) is 1.93. The van der Waals surface area contributed by atoms with Crippen LogP contribution in [0.25, 0.3) is 0 Å². The number of hydrogen-bond acceptors (Lipinski definition) is 3. The van der Waals surface area contributed by atoms with Gasteiger partial charge in [0.25, 0.3) is 0 Å². The van der Waals surface area contributed by atoms with Gasteiger partial charge in [-0.15, -0.1) is 11.8 Å². The SMILES string of the molecule is CC(C)(C)Sc1ccccc1[C@H](N)CO. The minimum Gasteiger partial charge on any atom is -0.394 e. The average Bonchev–Trinajstić information content (AvgIpc) is 2.15. The fourth-order valence-electron chi connectivity index (χ4n) is 1.31. The Kier molecular flexibility index (Phi) is 4.20. The summed E-state index contributed by atoms with van der Waals surface area (Å²) < 4.78 is 0.158. The number of aliphatic hydroxyl groups is 1. The lowest BCUT2D eigenvalue weighted by Crippen LogP contribution is -2.16. The van der Waals surface area contributed by atoms with Gasteiger partial charge in [0, 0.05) is 9.64 Å². The number of benzene rings is 1. The number of thioether (sulfide) groups is 1. The van der Waals surface area contributed by atoms with E-state index in [1.807, 2.05) is 18.2 Å². The molecule has 0 aliphatic rings. The van der Waals surface area contributed by atoms with Gasteiger partial charge in [-0.05, 0) is 11.6 Å². The molecule has 0 saturated carbocycles. The second-order valence-corrected chi connectivity index (χ2v) is 6.41. The van der Waals surface area contributed by atoms with E-state index < -0.39 is 0 Å². The Hall–Kier alpha value is -0.510. The van der Waals surface area contributed by atoms with E-state index in [0.717, 1.165) is 10.5 Å². The lowest BCUT2D eigenvalue weighted by Gasteiger charge is -2.21. The first-order chi connectivity index (χ1) is 6.94. The van der Waals surface area contributed by atoms with Crippen LogP contribution in [0.4, 0.5) is 0 Å². The van der Waals surface area contributed by atoms with E-state index in [2.05, 4.69) is 26.8 Å². The maximum absolute atomic E-state index is 9.08. The molecule has 1 atom stereocenters. The van der Waals surface area contributed by atoms with Crippen molar-refractivity contribution in [2.24, 2.45) is 5.73 Å². The first-order valence-electron chi connectivity index (χ1n) is 5.08. The maximum atomic E-state index is 9.08. The minimum atomic E-state index is -0.281. The third kappa shape index (κ3) is 3.86. The zero-order valence-corrected chi connectivity index (χ0v) is 10.3. The molecule has 3 heteroatoms. The summed E-state index contributed by atoms with van der Waals surface area (Å²) in [5.41, 5.74) is 6.88. The van der Waals surface area contributed by atoms with Gasteiger partial charge < -0.3 is 10.8 Å². The molecular formula is C12H19NOS. The second kappa shape index (κ2) is 5.01. The van der Waals surface area contributed by atoms with E-state index in [0.29, 0.717) is 0 Å². The zero-order chi connectivity index (χ0) is 11.5. The van der Waals surface area contributed by atoms with E-state index >= 15 is 0 Å². The van der Waals surface area contributed by atoms with E-state index in [1.165, 1.54) is 0 Å². The number of rotatable bonds is 3. The van der Waals surface area contributed by atoms with Crippen LogP contribution in [-0.2, 0) is 0 Å². The van der Waals surface area contributed by atoms with Crippen LogP contribution in [0.1, 0.15) is 32.4 Å². The summed E-state index contributed by atoms with van der Waals surface area (Å²) in [5.74, 6) is 0. The molecule has 84 valence electrons. The molecule has 1 aromatic rings. The Bertz CT molecular complexity index is 320. The second-order valence-electron chi connectivity index (χ2n) is 4.54. The van der Waals surface area contributed by atoms with Gasteiger partial charge in [-0.25, -0.2) is 0 Å². The van der Waals surface area contributed by atoms with Gasteiger partial charge in [0.1, 0.15) is 0 Å². The van der Waals surface area contributed by atoms with Crippen LogP contribution < -0.4 is 5.73 Å². The van der Waals surface area contributed by atoms with Gasteiger partial charge in [-0.3, -0.25) is 0 Å². The third-order valence-corrected chi connectivity index (χ3v) is 3.14. The average molecular weight is 225 g/mol. The molecule has 0 fully saturated rings. The predicted molar refractivity (Wildman–Crippen MR) is 66.1 cm³/mol. The van der Waals surface area contributed by atoms with Crippen molar-refractivity contribution in [1.29, 1.82) is 0 Å². The summed E-state index contributed by atoms with van der Waals surface area (Å²) in [7, 11) is 0. The van der Waals surface area contributed by atoms with Crippen molar-refractivity contribution in [3.05, 3.63) is 29.8 Å². The van der Waals surface area contributed by atoms with Gasteiger partial charge in [-0.2, -0.15) is 0 Å². The van der Waals surface area contributed by atoms with Crippen LogP contribution in [0, 0.1) is 0 Å². The summed E-state index contributed by atoms with van der Waals surface area (Å²) in [6.45, 7) is 6.48. The maximum Gasteiger partial charge on any atom is 0.0624 e. The monoisotopic (exact) mass is 225 g/mol. The number of aliphatic hydroxyl groups excluding tert-OH is 1. The Morgan fingerprint density at radius 3 is 2.47 bits per heavy atom. The van der Waals surface area contributed by atoms with Gasteiger partial charge in [-0.1, -0.05) is 39.0 Å². The molecule has 0 spiro atoms. The highest BCUT2D eigenvalue weighted by Crippen LogP contribution is 2.35. The van der Waals surface area contributed by atoms with Crippen LogP contribution in [-0.4, -0.2) is 16.5 Å². The zero-order valence-electron chi connectivity index (χ0n) is 9.53. The summed E-state index contributed by atoms with van der Waals surface area (Å²) in [5, 5.41) is 9.08. The molecule has 0 saturated heterocycles. The largest absolute Gasteiger partial charge is 0.394 e. The summed E-state index contributed by atoms with van der Waals surface area (Å²) in [4.78, 5) is 1.16. The van der Waals surface area contributed by atoms with Crippen molar-refractivity contribution >= 4 is 11.8 Å². The fraction of sp³-hybridized carbons (Fsp3) is 0.500. The molecule has 0 aromatic heterocycles. The molecule has 0 heterocycles. The van der Waals surface area contributed by atoms with E-state index in [1.54, 1.807) is 11.8 Å². The highest BCUT2D eigenvalue weighted by Gasteiger charge is 2.16. The van der Waals surface area contributed by atoms with Crippen molar-refractivity contribution in [2.45, 2.75) is 36.5 Å². The van der Waals surface area contributed by atoms with Crippen molar-refractivity contribution < 1.29 is 5.11 Å². The van der Waals surface area contributed by atoms with Crippen LogP contribution in [0.3, 0.4) is 0 Å². The predicted octanol–water partition coefficient (Wildman–Crippen LogP) is 2.57. The Balaban J connectivity index is 2.96. The van der Waals surface area contributed by atoms with Gasteiger partial charge in [0.2, 0.25) is 0 Å². The normalized spacial score (nSPS) is 13.9. The molecule has 0 radical (unpaired) electrons. The highest BCUT2D eigenvalue weighted by molar-refractivity contribution is 8.00. The molecule has 0 aliphatic carbocycles. The van der Waals surface area contributed by atoms with Crippen LogP contribution in [0.2, 0.25) is 0 Å². The summed E-state index contributed by atoms with van der Waals surface area (Å²) in [6.07, 6.45) is 0. The van der Waals surface area contributed by atoms with Crippen molar-refractivity contribution in [1.82, 2.24) is 0 Å². The topological polar surface area (TPSA) is 46.2 Å². The van der Waals surface area contributed by atoms with Crippen LogP contribution in [0.5, 0.6) is 0 Å². The minimum absolute atomic E-state index is 0.0122. The standard InChI is InChI=1S/C12H19NOS/c1-12(2,3)15-11-7-5-4-6-9(11)10(13)8-14/h4-7,10,14H,8,13H2,1-3H3/t10-/m1/s1. The number of nitrogens with two attached hydrogens (primary N) is 1. The lowest BCUT2D eigenvalue weighted by molar-refractivity contribution is 0.266. The van der Waals surface area contributed by atoms with Crippen molar-refractivity contribution in [3.63, 3.8) is 0 Å². The fourth-order valence-corrected chi connectivity index (χ4v) is 2.45. The first-order valence-corrected chi connectivity index (χ1v) is 5.90. The van der Waals surface area contributed by atoms with E-state index in [4.69, 9.17) is 10.8 Å². The molecule has 1 rings (SSSR count). The van der Waals surface area contributed by atoms with E-state index in [-0.39, 0.29) is 17.4 Å². The van der Waals surface area contributed by atoms with Crippen LogP contribution >= 0.6 is 11.8 Å². The van der Waals surface area contributed by atoms with Crippen LogP contribution in [0.15, 0.2) is 29.2 Å². The van der Waals surface area contributed by atoms with E-state index in [9.17, 15) is 0 Å². The van der Waals surface area contributed by atoms with Crippen molar-refractivity contribution in [2.75, 3.05) is 6.61 Å². The quantitative estimate of drug-likeness (QED) is 0.777. The molecule has 3 N–H and O–H groups in total. The molecule has 0 bridgehead atoms. The summed E-state index contributed by atoms with van der Waals surface area (Å²) >= 11 is 1.78.